The average molecular weight is 425 g/mol. The zero-order valence-electron chi connectivity index (χ0n) is 17.8. The predicted molar refractivity (Wildman–Crippen MR) is 118 cm³/mol. The fourth-order valence-corrected chi connectivity index (χ4v) is 3.98. The summed E-state index contributed by atoms with van der Waals surface area (Å²) < 4.78 is 5.49. The molecule has 0 aliphatic carbocycles. The summed E-state index contributed by atoms with van der Waals surface area (Å²) in [6.45, 7) is 0.581. The van der Waals surface area contributed by atoms with Crippen LogP contribution in [0.3, 0.4) is 0 Å². The van der Waals surface area contributed by atoms with Crippen LogP contribution in [0.2, 0.25) is 0 Å². The average Bonchev–Trinajstić information content (AvgIpc) is 3.19. The lowest BCUT2D eigenvalue weighted by Gasteiger charge is -2.27. The van der Waals surface area contributed by atoms with Gasteiger partial charge in [0.15, 0.2) is 0 Å². The van der Waals surface area contributed by atoms with Crippen LogP contribution in [-0.2, 0) is 17.6 Å². The van der Waals surface area contributed by atoms with Gasteiger partial charge in [-0.3, -0.25) is 9.69 Å². The smallest absolute Gasteiger partial charge is 0.221 e. The summed E-state index contributed by atoms with van der Waals surface area (Å²) in [6.07, 6.45) is 5.57. The number of anilines is 2. The maximum absolute atomic E-state index is 12.5. The van der Waals surface area contributed by atoms with E-state index in [9.17, 15) is 9.90 Å². The molecule has 0 radical (unpaired) electrons. The zero-order valence-corrected chi connectivity index (χ0v) is 17.8. The SMILES string of the molecule is COc1ccc2cc1CCC(=O)NC(CO)N(C)CCCc1c[nH]c3ncnc(c13)N2. The molecular weight excluding hydrogens is 396 g/mol. The van der Waals surface area contributed by atoms with Gasteiger partial charge in [-0.2, -0.15) is 0 Å². The molecule has 2 aromatic heterocycles. The first kappa shape index (κ1) is 21.1. The topological polar surface area (TPSA) is 115 Å². The molecule has 4 N–H and O–H groups in total. The molecule has 1 aromatic carbocycles. The van der Waals surface area contributed by atoms with Gasteiger partial charge < -0.3 is 25.5 Å². The van der Waals surface area contributed by atoms with Crippen molar-refractivity contribution in [2.75, 3.05) is 32.6 Å². The van der Waals surface area contributed by atoms with Crippen LogP contribution in [0.1, 0.15) is 24.0 Å². The normalized spacial score (nSPS) is 18.4. The van der Waals surface area contributed by atoms with Crippen molar-refractivity contribution in [2.24, 2.45) is 0 Å². The summed E-state index contributed by atoms with van der Waals surface area (Å²) in [5.41, 5.74) is 3.69. The van der Waals surface area contributed by atoms with Crippen LogP contribution in [0.15, 0.2) is 30.7 Å². The van der Waals surface area contributed by atoms with Gasteiger partial charge in [0.2, 0.25) is 5.91 Å². The number of aryl methyl sites for hydroxylation is 2. The van der Waals surface area contributed by atoms with E-state index < -0.39 is 6.17 Å². The first-order valence-corrected chi connectivity index (χ1v) is 10.4. The molecule has 1 unspecified atom stereocenters. The lowest BCUT2D eigenvalue weighted by molar-refractivity contribution is -0.123. The summed E-state index contributed by atoms with van der Waals surface area (Å²) >= 11 is 0. The van der Waals surface area contributed by atoms with Gasteiger partial charge in [0.25, 0.3) is 0 Å². The quantitative estimate of drug-likeness (QED) is 0.497. The second-order valence-electron chi connectivity index (χ2n) is 7.76. The van der Waals surface area contributed by atoms with E-state index >= 15 is 0 Å². The van der Waals surface area contributed by atoms with Crippen LogP contribution >= 0.6 is 0 Å². The molecule has 1 aliphatic rings. The van der Waals surface area contributed by atoms with Crippen molar-refractivity contribution in [1.82, 2.24) is 25.2 Å². The molecule has 1 amide bonds. The van der Waals surface area contributed by atoms with Crippen LogP contribution in [0.25, 0.3) is 11.0 Å². The molecule has 4 rings (SSSR count). The Morgan fingerprint density at radius 1 is 1.23 bits per heavy atom. The molecule has 2 bridgehead atoms. The minimum atomic E-state index is -0.419. The fourth-order valence-electron chi connectivity index (χ4n) is 3.98. The third-order valence-electron chi connectivity index (χ3n) is 5.71. The van der Waals surface area contributed by atoms with Gasteiger partial charge in [-0.15, -0.1) is 0 Å². The number of aliphatic hydroxyl groups excluding tert-OH is 1. The highest BCUT2D eigenvalue weighted by Gasteiger charge is 2.18. The molecule has 0 saturated heterocycles. The molecule has 9 nitrogen and oxygen atoms in total. The van der Waals surface area contributed by atoms with Crippen molar-refractivity contribution in [3.05, 3.63) is 41.9 Å². The summed E-state index contributed by atoms with van der Waals surface area (Å²) in [6, 6.07) is 5.80. The van der Waals surface area contributed by atoms with Gasteiger partial charge in [0.1, 0.15) is 29.7 Å². The number of likely N-dealkylation sites (N-methyl/N-ethyl adjacent to an activating group) is 1. The van der Waals surface area contributed by atoms with Crippen molar-refractivity contribution in [1.29, 1.82) is 0 Å². The summed E-state index contributed by atoms with van der Waals surface area (Å²) in [7, 11) is 3.52. The number of H-pyrrole nitrogens is 1. The number of nitrogens with one attached hydrogen (secondary N) is 3. The number of carbonyl (C=O) groups excluding carboxylic acids is 1. The van der Waals surface area contributed by atoms with E-state index in [4.69, 9.17) is 4.74 Å². The molecule has 0 fully saturated rings. The van der Waals surface area contributed by atoms with E-state index in [1.165, 1.54) is 6.33 Å². The van der Waals surface area contributed by atoms with Gasteiger partial charge in [-0.25, -0.2) is 9.97 Å². The van der Waals surface area contributed by atoms with Gasteiger partial charge in [-0.05, 0) is 55.6 Å². The lowest BCUT2D eigenvalue weighted by atomic mass is 10.1. The highest BCUT2D eigenvalue weighted by molar-refractivity contribution is 5.92. The van der Waals surface area contributed by atoms with Crippen LogP contribution < -0.4 is 15.4 Å². The molecule has 0 saturated carbocycles. The summed E-state index contributed by atoms with van der Waals surface area (Å²) in [5.74, 6) is 1.36. The largest absolute Gasteiger partial charge is 0.496 e. The molecule has 3 aromatic rings. The van der Waals surface area contributed by atoms with E-state index in [-0.39, 0.29) is 12.5 Å². The molecule has 1 aliphatic heterocycles. The Bertz CT molecular complexity index is 1070. The molecule has 1 atom stereocenters. The summed E-state index contributed by atoms with van der Waals surface area (Å²) in [4.78, 5) is 26.6. The number of hydrogen-bond donors (Lipinski definition) is 4. The van der Waals surface area contributed by atoms with E-state index in [1.807, 2.05) is 36.3 Å². The number of amides is 1. The Morgan fingerprint density at radius 2 is 2.10 bits per heavy atom. The molecule has 164 valence electrons. The number of nitrogens with zero attached hydrogens (tertiary/aromatic N) is 3. The third kappa shape index (κ3) is 4.62. The number of carbonyl (C=O) groups is 1. The third-order valence-corrected chi connectivity index (χ3v) is 5.71. The second kappa shape index (κ2) is 9.32. The van der Waals surface area contributed by atoms with Gasteiger partial charge in [-0.1, -0.05) is 0 Å². The maximum atomic E-state index is 12.5. The Kier molecular flexibility index (Phi) is 6.34. The number of ether oxygens (including phenoxy) is 1. The van der Waals surface area contributed by atoms with Crippen molar-refractivity contribution in [2.45, 2.75) is 31.8 Å². The van der Waals surface area contributed by atoms with E-state index in [0.29, 0.717) is 12.8 Å². The first-order valence-electron chi connectivity index (χ1n) is 10.4. The number of aromatic amines is 1. The minimum Gasteiger partial charge on any atom is -0.496 e. The van der Waals surface area contributed by atoms with Crippen molar-refractivity contribution >= 4 is 28.4 Å². The van der Waals surface area contributed by atoms with E-state index in [0.717, 1.165) is 58.8 Å². The molecule has 3 heterocycles. The van der Waals surface area contributed by atoms with Crippen LogP contribution in [0.4, 0.5) is 11.5 Å². The number of fused-ring (bicyclic) bond motifs is 2. The predicted octanol–water partition coefficient (Wildman–Crippen LogP) is 1.96. The van der Waals surface area contributed by atoms with Crippen LogP contribution in [0.5, 0.6) is 5.75 Å². The number of hydrogen-bond acceptors (Lipinski definition) is 7. The molecule has 9 heteroatoms. The van der Waals surface area contributed by atoms with Crippen LogP contribution in [0, 0.1) is 0 Å². The highest BCUT2D eigenvalue weighted by atomic mass is 16.5. The van der Waals surface area contributed by atoms with Crippen molar-refractivity contribution in [3.63, 3.8) is 0 Å². The van der Waals surface area contributed by atoms with E-state index in [2.05, 4.69) is 25.6 Å². The minimum absolute atomic E-state index is 0.108. The molecular formula is C22H28N6O3. The Labute approximate surface area is 180 Å². The number of methoxy groups -OCH3 is 1. The van der Waals surface area contributed by atoms with Gasteiger partial charge in [0.05, 0.1) is 19.1 Å². The van der Waals surface area contributed by atoms with Gasteiger partial charge >= 0.3 is 0 Å². The monoisotopic (exact) mass is 424 g/mol. The standard InChI is InChI=1S/C22H28N6O3/c1-28-9-3-4-15-11-23-21-20(15)22(25-13-24-21)26-16-6-7-17(31-2)14(10-16)5-8-19(30)27-18(28)12-29/h6-7,10-11,13,18,29H,3-5,8-9,12H2,1-2H3,(H,27,30)(H2,23,24,25,26). The molecule has 31 heavy (non-hydrogen) atoms. The number of rotatable bonds is 2. The molecule has 0 spiro atoms. The lowest BCUT2D eigenvalue weighted by Crippen LogP contribution is -2.49. The van der Waals surface area contributed by atoms with Crippen molar-refractivity contribution in [3.8, 4) is 5.75 Å². The van der Waals surface area contributed by atoms with Gasteiger partial charge in [0, 0.05) is 24.8 Å². The number of aromatic nitrogens is 3. The fraction of sp³-hybridized carbons (Fsp3) is 0.409. The maximum Gasteiger partial charge on any atom is 0.221 e. The number of aliphatic hydroxyl groups is 1. The van der Waals surface area contributed by atoms with Crippen molar-refractivity contribution < 1.29 is 14.6 Å². The second-order valence-corrected chi connectivity index (χ2v) is 7.76. The van der Waals surface area contributed by atoms with Crippen LogP contribution in [-0.4, -0.2) is 64.3 Å². The Hall–Kier alpha value is -3.17. The Balaban J connectivity index is 1.73. The highest BCUT2D eigenvalue weighted by Crippen LogP contribution is 2.30. The van der Waals surface area contributed by atoms with E-state index in [1.54, 1.807) is 7.11 Å². The zero-order chi connectivity index (χ0) is 21.8. The Morgan fingerprint density at radius 3 is 2.90 bits per heavy atom. The number of benzene rings is 1. The first-order chi connectivity index (χ1) is 15.1. The summed E-state index contributed by atoms with van der Waals surface area (Å²) in [5, 5.41) is 17.1.